The fraction of sp³-hybridized carbons (Fsp3) is 0.364. The van der Waals surface area contributed by atoms with Gasteiger partial charge in [0, 0.05) is 23.5 Å². The molecule has 1 aromatic rings. The second-order valence-electron chi connectivity index (χ2n) is 3.69. The number of halogens is 1. The van der Waals surface area contributed by atoms with Crippen molar-refractivity contribution in [1.29, 1.82) is 0 Å². The summed E-state index contributed by atoms with van der Waals surface area (Å²) < 4.78 is 0.882. The first-order valence-corrected chi connectivity index (χ1v) is 5.90. The average molecular weight is 283 g/mol. The summed E-state index contributed by atoms with van der Waals surface area (Å²) in [7, 11) is 0. The molecule has 0 aliphatic carbocycles. The van der Waals surface area contributed by atoms with E-state index in [2.05, 4.69) is 20.9 Å². The standard InChI is InChI=1S/C11H11BrN2O2/c12-8-4-5-9(13-6-8)7-14-10(15)2-1-3-11(14)16/h4-6H,1-3,7H2. The third-order valence-corrected chi connectivity index (χ3v) is 2.96. The van der Waals surface area contributed by atoms with Gasteiger partial charge in [0.25, 0.3) is 0 Å². The van der Waals surface area contributed by atoms with E-state index in [0.717, 1.165) is 10.2 Å². The summed E-state index contributed by atoms with van der Waals surface area (Å²) in [5.41, 5.74) is 0.729. The Morgan fingerprint density at radius 1 is 1.25 bits per heavy atom. The summed E-state index contributed by atoms with van der Waals surface area (Å²) in [4.78, 5) is 28.5. The number of imide groups is 1. The lowest BCUT2D eigenvalue weighted by molar-refractivity contribution is -0.148. The number of nitrogens with zero attached hydrogens (tertiary/aromatic N) is 2. The fourth-order valence-corrected chi connectivity index (χ4v) is 1.87. The van der Waals surface area contributed by atoms with Crippen molar-refractivity contribution in [2.75, 3.05) is 0 Å². The molecular formula is C11H11BrN2O2. The van der Waals surface area contributed by atoms with Crippen LogP contribution in [0.25, 0.3) is 0 Å². The van der Waals surface area contributed by atoms with E-state index in [4.69, 9.17) is 0 Å². The van der Waals surface area contributed by atoms with Crippen LogP contribution in [0.1, 0.15) is 25.0 Å². The van der Waals surface area contributed by atoms with Gasteiger partial charge in [-0.2, -0.15) is 0 Å². The Bertz CT molecular complexity index is 400. The summed E-state index contributed by atoms with van der Waals surface area (Å²) in [6.45, 7) is 0.283. The van der Waals surface area contributed by atoms with Crippen LogP contribution in [0.3, 0.4) is 0 Å². The molecule has 0 saturated carbocycles. The van der Waals surface area contributed by atoms with Gasteiger partial charge in [-0.15, -0.1) is 0 Å². The van der Waals surface area contributed by atoms with E-state index in [9.17, 15) is 9.59 Å². The van der Waals surface area contributed by atoms with E-state index in [0.29, 0.717) is 19.3 Å². The van der Waals surface area contributed by atoms with Crippen molar-refractivity contribution in [3.63, 3.8) is 0 Å². The number of carbonyl (C=O) groups excluding carboxylic acids is 2. The minimum atomic E-state index is -0.0963. The first-order chi connectivity index (χ1) is 7.66. The van der Waals surface area contributed by atoms with Crippen LogP contribution in [-0.2, 0) is 16.1 Å². The first kappa shape index (κ1) is 11.3. The summed E-state index contributed by atoms with van der Waals surface area (Å²) in [5.74, 6) is -0.193. The van der Waals surface area contributed by atoms with Gasteiger partial charge in [-0.3, -0.25) is 19.5 Å². The molecule has 0 bridgehead atoms. The lowest BCUT2D eigenvalue weighted by Crippen LogP contribution is -2.39. The zero-order valence-corrected chi connectivity index (χ0v) is 10.2. The molecule has 4 nitrogen and oxygen atoms in total. The molecule has 1 aromatic heterocycles. The number of hydrogen-bond acceptors (Lipinski definition) is 3. The van der Waals surface area contributed by atoms with Gasteiger partial charge in [0.05, 0.1) is 12.2 Å². The Morgan fingerprint density at radius 3 is 2.50 bits per heavy atom. The van der Waals surface area contributed by atoms with Crippen molar-refractivity contribution in [2.24, 2.45) is 0 Å². The molecule has 0 atom stereocenters. The highest BCUT2D eigenvalue weighted by molar-refractivity contribution is 9.10. The maximum atomic E-state index is 11.5. The van der Waals surface area contributed by atoms with Crippen molar-refractivity contribution in [2.45, 2.75) is 25.8 Å². The van der Waals surface area contributed by atoms with E-state index in [1.54, 1.807) is 12.3 Å². The maximum absolute atomic E-state index is 11.5. The number of rotatable bonds is 2. The topological polar surface area (TPSA) is 50.3 Å². The normalized spacial score (nSPS) is 16.7. The van der Waals surface area contributed by atoms with Gasteiger partial charge in [0.2, 0.25) is 11.8 Å². The van der Waals surface area contributed by atoms with Crippen LogP contribution in [0, 0.1) is 0 Å². The molecule has 16 heavy (non-hydrogen) atoms. The maximum Gasteiger partial charge on any atom is 0.229 e. The molecule has 1 saturated heterocycles. The van der Waals surface area contributed by atoms with Crippen LogP contribution >= 0.6 is 15.9 Å². The number of pyridine rings is 1. The Morgan fingerprint density at radius 2 is 1.94 bits per heavy atom. The molecule has 1 aliphatic heterocycles. The van der Waals surface area contributed by atoms with Gasteiger partial charge in [0.15, 0.2) is 0 Å². The molecule has 0 radical (unpaired) electrons. The number of amides is 2. The van der Waals surface area contributed by atoms with E-state index in [-0.39, 0.29) is 18.4 Å². The molecule has 0 unspecified atom stereocenters. The van der Waals surface area contributed by atoms with Crippen LogP contribution in [0.4, 0.5) is 0 Å². The molecule has 1 fully saturated rings. The highest BCUT2D eigenvalue weighted by atomic mass is 79.9. The molecule has 2 heterocycles. The lowest BCUT2D eigenvalue weighted by atomic mass is 10.1. The van der Waals surface area contributed by atoms with Crippen molar-refractivity contribution in [3.05, 3.63) is 28.5 Å². The number of likely N-dealkylation sites (tertiary alicyclic amines) is 1. The van der Waals surface area contributed by atoms with Crippen molar-refractivity contribution < 1.29 is 9.59 Å². The van der Waals surface area contributed by atoms with Gasteiger partial charge in [-0.25, -0.2) is 0 Å². The Labute approximate surface area is 102 Å². The largest absolute Gasteiger partial charge is 0.277 e. The van der Waals surface area contributed by atoms with Gasteiger partial charge in [-0.1, -0.05) is 0 Å². The molecule has 84 valence electrons. The Balaban J connectivity index is 2.10. The smallest absolute Gasteiger partial charge is 0.229 e. The monoisotopic (exact) mass is 282 g/mol. The van der Waals surface area contributed by atoms with E-state index in [1.165, 1.54) is 4.90 Å². The molecule has 2 rings (SSSR count). The molecule has 0 aromatic carbocycles. The number of aromatic nitrogens is 1. The number of piperidine rings is 1. The first-order valence-electron chi connectivity index (χ1n) is 5.10. The SMILES string of the molecule is O=C1CCCC(=O)N1Cc1ccc(Br)cn1. The zero-order valence-electron chi connectivity index (χ0n) is 8.65. The van der Waals surface area contributed by atoms with E-state index in [1.807, 2.05) is 6.07 Å². The summed E-state index contributed by atoms with van der Waals surface area (Å²) in [5, 5.41) is 0. The predicted molar refractivity (Wildman–Crippen MR) is 61.3 cm³/mol. The lowest BCUT2D eigenvalue weighted by Gasteiger charge is -2.24. The van der Waals surface area contributed by atoms with Crippen molar-refractivity contribution in [3.8, 4) is 0 Å². The summed E-state index contributed by atoms with van der Waals surface area (Å²) in [6.07, 6.45) is 3.25. The second-order valence-corrected chi connectivity index (χ2v) is 4.61. The van der Waals surface area contributed by atoms with Gasteiger partial charge < -0.3 is 0 Å². The van der Waals surface area contributed by atoms with E-state index < -0.39 is 0 Å². The van der Waals surface area contributed by atoms with Crippen molar-refractivity contribution in [1.82, 2.24) is 9.88 Å². The third-order valence-electron chi connectivity index (χ3n) is 2.49. The highest BCUT2D eigenvalue weighted by Crippen LogP contribution is 2.15. The molecule has 2 amide bonds. The number of carbonyl (C=O) groups is 2. The van der Waals surface area contributed by atoms with Crippen LogP contribution in [0.2, 0.25) is 0 Å². The molecule has 5 heteroatoms. The van der Waals surface area contributed by atoms with E-state index >= 15 is 0 Å². The predicted octanol–water partition coefficient (Wildman–Crippen LogP) is 1.88. The second kappa shape index (κ2) is 4.74. The number of hydrogen-bond donors (Lipinski definition) is 0. The van der Waals surface area contributed by atoms with Crippen LogP contribution in [0.5, 0.6) is 0 Å². The third kappa shape index (κ3) is 2.47. The summed E-state index contributed by atoms with van der Waals surface area (Å²) >= 11 is 3.28. The fourth-order valence-electron chi connectivity index (χ4n) is 1.64. The minimum Gasteiger partial charge on any atom is -0.277 e. The minimum absolute atomic E-state index is 0.0963. The molecule has 0 N–H and O–H groups in total. The van der Waals surface area contributed by atoms with Crippen LogP contribution < -0.4 is 0 Å². The molecule has 0 spiro atoms. The Kier molecular flexibility index (Phi) is 3.33. The van der Waals surface area contributed by atoms with Crippen molar-refractivity contribution >= 4 is 27.7 Å². The Hall–Kier alpha value is -1.23. The summed E-state index contributed by atoms with van der Waals surface area (Å²) in [6, 6.07) is 3.65. The average Bonchev–Trinajstić information content (AvgIpc) is 2.26. The van der Waals surface area contributed by atoms with Gasteiger partial charge >= 0.3 is 0 Å². The quantitative estimate of drug-likeness (QED) is 0.779. The zero-order chi connectivity index (χ0) is 11.5. The molecule has 1 aliphatic rings. The van der Waals surface area contributed by atoms with Gasteiger partial charge in [-0.05, 0) is 34.5 Å². The highest BCUT2D eigenvalue weighted by Gasteiger charge is 2.25. The van der Waals surface area contributed by atoms with Gasteiger partial charge in [0.1, 0.15) is 0 Å². The van der Waals surface area contributed by atoms with Crippen LogP contribution in [-0.4, -0.2) is 21.7 Å². The molecular weight excluding hydrogens is 272 g/mol. The van der Waals surface area contributed by atoms with Crippen LogP contribution in [0.15, 0.2) is 22.8 Å².